The summed E-state index contributed by atoms with van der Waals surface area (Å²) in [6.45, 7) is 2.56. The lowest BCUT2D eigenvalue weighted by Gasteiger charge is -2.21. The monoisotopic (exact) mass is 270 g/mol. The minimum atomic E-state index is -0.522. The maximum absolute atomic E-state index is 11.3. The van der Waals surface area contributed by atoms with Crippen LogP contribution in [0.15, 0.2) is 36.4 Å². The van der Waals surface area contributed by atoms with Gasteiger partial charge in [0.2, 0.25) is 0 Å². The Morgan fingerprint density at radius 3 is 2.60 bits per heavy atom. The number of nitrogen functional groups attached to an aromatic ring is 1. The first kappa shape index (κ1) is 13.9. The van der Waals surface area contributed by atoms with E-state index in [-0.39, 0.29) is 0 Å². The quantitative estimate of drug-likeness (QED) is 0.828. The Kier molecular flexibility index (Phi) is 3.89. The highest BCUT2D eigenvalue weighted by atomic mass is 16.1. The van der Waals surface area contributed by atoms with Crippen LogP contribution in [0, 0.1) is 6.92 Å². The van der Waals surface area contributed by atoms with Crippen molar-refractivity contribution in [3.8, 4) is 0 Å². The molecule has 2 rings (SSSR count). The van der Waals surface area contributed by atoms with Crippen LogP contribution in [-0.2, 0) is 6.54 Å². The molecule has 20 heavy (non-hydrogen) atoms. The fraction of sp³-hybridized carbons (Fsp3) is 0.200. The molecule has 0 unspecified atom stereocenters. The van der Waals surface area contributed by atoms with Crippen LogP contribution in [0.25, 0.3) is 0 Å². The third-order valence-corrected chi connectivity index (χ3v) is 3.10. The molecule has 1 amide bonds. The van der Waals surface area contributed by atoms with Crippen molar-refractivity contribution in [1.82, 2.24) is 4.98 Å². The molecule has 1 heterocycles. The summed E-state index contributed by atoms with van der Waals surface area (Å²) < 4.78 is 0. The van der Waals surface area contributed by atoms with Gasteiger partial charge in [-0.2, -0.15) is 0 Å². The van der Waals surface area contributed by atoms with Crippen molar-refractivity contribution in [2.75, 3.05) is 17.7 Å². The molecule has 4 N–H and O–H groups in total. The minimum Gasteiger partial charge on any atom is -0.396 e. The summed E-state index contributed by atoms with van der Waals surface area (Å²) in [5.41, 5.74) is 14.7. The Hall–Kier alpha value is -2.56. The molecule has 0 saturated carbocycles. The number of benzene rings is 1. The zero-order chi connectivity index (χ0) is 14.7. The number of carbonyl (C=O) groups is 1. The fourth-order valence-corrected chi connectivity index (χ4v) is 2.12. The van der Waals surface area contributed by atoms with Gasteiger partial charge in [0.05, 0.1) is 29.2 Å². The molecular weight excluding hydrogens is 252 g/mol. The summed E-state index contributed by atoms with van der Waals surface area (Å²) in [4.78, 5) is 17.7. The normalized spacial score (nSPS) is 10.3. The maximum Gasteiger partial charge on any atom is 0.250 e. The van der Waals surface area contributed by atoms with Crippen molar-refractivity contribution in [1.29, 1.82) is 0 Å². The first-order valence-corrected chi connectivity index (χ1v) is 6.31. The third kappa shape index (κ3) is 2.88. The second-order valence-corrected chi connectivity index (χ2v) is 4.73. The summed E-state index contributed by atoms with van der Waals surface area (Å²) >= 11 is 0. The van der Waals surface area contributed by atoms with Gasteiger partial charge in [-0.3, -0.25) is 9.78 Å². The Balaban J connectivity index is 2.28. The number of primary amides is 1. The van der Waals surface area contributed by atoms with Gasteiger partial charge in [0.25, 0.3) is 5.91 Å². The van der Waals surface area contributed by atoms with E-state index in [2.05, 4.69) is 4.98 Å². The highest BCUT2D eigenvalue weighted by molar-refractivity contribution is 6.00. The molecular formula is C15H18N4O. The Labute approximate surface area is 118 Å². The van der Waals surface area contributed by atoms with E-state index >= 15 is 0 Å². The highest BCUT2D eigenvalue weighted by Crippen LogP contribution is 2.26. The molecule has 0 bridgehead atoms. The summed E-state index contributed by atoms with van der Waals surface area (Å²) in [7, 11) is 1.90. The molecule has 104 valence electrons. The second kappa shape index (κ2) is 5.61. The SMILES string of the molecule is Cc1cccc(CN(C)c2cccc(C(N)=O)c2N)n1. The third-order valence-electron chi connectivity index (χ3n) is 3.10. The topological polar surface area (TPSA) is 85.2 Å². The molecule has 0 aliphatic rings. The lowest BCUT2D eigenvalue weighted by Crippen LogP contribution is -2.21. The number of nitrogens with two attached hydrogens (primary N) is 2. The van der Waals surface area contributed by atoms with Crippen molar-refractivity contribution < 1.29 is 4.79 Å². The van der Waals surface area contributed by atoms with Crippen LogP contribution in [0.5, 0.6) is 0 Å². The van der Waals surface area contributed by atoms with E-state index in [0.29, 0.717) is 17.8 Å². The number of nitrogens with zero attached hydrogens (tertiary/aromatic N) is 2. The minimum absolute atomic E-state index is 0.339. The fourth-order valence-electron chi connectivity index (χ4n) is 2.12. The standard InChI is InChI=1S/C15H18N4O/c1-10-5-3-6-11(18-10)9-19(2)13-8-4-7-12(14(13)16)15(17)20/h3-8H,9,16H2,1-2H3,(H2,17,20). The number of hydrogen-bond acceptors (Lipinski definition) is 4. The molecule has 5 heteroatoms. The second-order valence-electron chi connectivity index (χ2n) is 4.73. The van der Waals surface area contributed by atoms with Gasteiger partial charge in [0.15, 0.2) is 0 Å². The van der Waals surface area contributed by atoms with E-state index in [1.54, 1.807) is 12.1 Å². The first-order valence-electron chi connectivity index (χ1n) is 6.31. The summed E-state index contributed by atoms with van der Waals surface area (Å²) in [6, 6.07) is 11.1. The van der Waals surface area contributed by atoms with Gasteiger partial charge in [-0.05, 0) is 31.2 Å². The van der Waals surface area contributed by atoms with Crippen molar-refractivity contribution >= 4 is 17.3 Å². The van der Waals surface area contributed by atoms with Gasteiger partial charge >= 0.3 is 0 Å². The molecule has 0 aliphatic carbocycles. The lowest BCUT2D eigenvalue weighted by molar-refractivity contribution is 0.100. The van der Waals surface area contributed by atoms with Crippen LogP contribution in [0.2, 0.25) is 0 Å². The van der Waals surface area contributed by atoms with E-state index in [1.165, 1.54) is 0 Å². The molecule has 2 aromatic rings. The number of pyridine rings is 1. The van der Waals surface area contributed by atoms with Crippen LogP contribution >= 0.6 is 0 Å². The average molecular weight is 270 g/mol. The van der Waals surface area contributed by atoms with Crippen LogP contribution < -0.4 is 16.4 Å². The number of aromatic nitrogens is 1. The largest absolute Gasteiger partial charge is 0.396 e. The molecule has 1 aromatic heterocycles. The smallest absolute Gasteiger partial charge is 0.250 e. The Morgan fingerprint density at radius 2 is 1.95 bits per heavy atom. The molecule has 0 spiro atoms. The van der Waals surface area contributed by atoms with Gasteiger partial charge in [0, 0.05) is 12.7 Å². The maximum atomic E-state index is 11.3. The average Bonchev–Trinajstić information content (AvgIpc) is 2.38. The molecule has 0 fully saturated rings. The number of anilines is 2. The van der Waals surface area contributed by atoms with Gasteiger partial charge in [0.1, 0.15) is 0 Å². The summed E-state index contributed by atoms with van der Waals surface area (Å²) in [5, 5.41) is 0. The highest BCUT2D eigenvalue weighted by Gasteiger charge is 2.13. The number of aryl methyl sites for hydroxylation is 1. The summed E-state index contributed by atoms with van der Waals surface area (Å²) in [5.74, 6) is -0.522. The summed E-state index contributed by atoms with van der Waals surface area (Å²) in [6.07, 6.45) is 0. The number of amides is 1. The van der Waals surface area contributed by atoms with Crippen molar-refractivity contribution in [3.63, 3.8) is 0 Å². The molecule has 1 aromatic carbocycles. The van der Waals surface area contributed by atoms with E-state index in [9.17, 15) is 4.79 Å². The number of hydrogen-bond donors (Lipinski definition) is 2. The number of rotatable bonds is 4. The number of para-hydroxylation sites is 1. The van der Waals surface area contributed by atoms with E-state index in [4.69, 9.17) is 11.5 Å². The van der Waals surface area contributed by atoms with Crippen LogP contribution in [0.3, 0.4) is 0 Å². The van der Waals surface area contributed by atoms with E-state index < -0.39 is 5.91 Å². The van der Waals surface area contributed by atoms with Gasteiger partial charge in [-0.1, -0.05) is 12.1 Å². The molecule has 0 aliphatic heterocycles. The van der Waals surface area contributed by atoms with Crippen molar-refractivity contribution in [3.05, 3.63) is 53.3 Å². The molecule has 0 saturated heterocycles. The van der Waals surface area contributed by atoms with Gasteiger partial charge in [-0.15, -0.1) is 0 Å². The van der Waals surface area contributed by atoms with Gasteiger partial charge < -0.3 is 16.4 Å². The first-order chi connectivity index (χ1) is 9.49. The van der Waals surface area contributed by atoms with E-state index in [1.807, 2.05) is 43.1 Å². The molecule has 0 atom stereocenters. The van der Waals surface area contributed by atoms with Crippen molar-refractivity contribution in [2.45, 2.75) is 13.5 Å². The molecule has 5 nitrogen and oxygen atoms in total. The van der Waals surface area contributed by atoms with Gasteiger partial charge in [-0.25, -0.2) is 0 Å². The van der Waals surface area contributed by atoms with E-state index in [0.717, 1.165) is 17.1 Å². The Bertz CT molecular complexity index is 640. The van der Waals surface area contributed by atoms with Crippen LogP contribution in [0.4, 0.5) is 11.4 Å². The van der Waals surface area contributed by atoms with Crippen molar-refractivity contribution in [2.24, 2.45) is 5.73 Å². The Morgan fingerprint density at radius 1 is 1.25 bits per heavy atom. The number of carbonyl (C=O) groups excluding carboxylic acids is 1. The zero-order valence-electron chi connectivity index (χ0n) is 11.6. The predicted molar refractivity (Wildman–Crippen MR) is 80.5 cm³/mol. The van der Waals surface area contributed by atoms with Crippen LogP contribution in [-0.4, -0.2) is 17.9 Å². The zero-order valence-corrected chi connectivity index (χ0v) is 11.6. The lowest BCUT2D eigenvalue weighted by atomic mass is 10.1. The predicted octanol–water partition coefficient (Wildman–Crippen LogP) is 1.71. The molecule has 0 radical (unpaired) electrons. The van der Waals surface area contributed by atoms with Crippen LogP contribution in [0.1, 0.15) is 21.7 Å².